The molecule has 1 aliphatic rings. The van der Waals surface area contributed by atoms with Crippen LogP contribution in [0.4, 0.5) is 17.1 Å². The van der Waals surface area contributed by atoms with E-state index in [0.29, 0.717) is 36.8 Å². The molecule has 2 N–H and O–H groups in total. The average molecular weight is 406 g/mol. The fraction of sp³-hybridized carbons (Fsp3) is 0.333. The molecule has 150 valence electrons. The molecule has 0 aromatic heterocycles. The Kier molecular flexibility index (Phi) is 5.71. The van der Waals surface area contributed by atoms with E-state index in [4.69, 9.17) is 4.74 Å². The van der Waals surface area contributed by atoms with Crippen LogP contribution in [-0.2, 0) is 10.0 Å². The SMILES string of the molecule is COc1cccc(NS(=O)(=O)c2ccc(N3CCNC(C)C3)c([N+](=O)[O-])c2)c1. The van der Waals surface area contributed by atoms with Gasteiger partial charge in [0.25, 0.3) is 15.7 Å². The van der Waals surface area contributed by atoms with Crippen LogP contribution in [0.5, 0.6) is 5.75 Å². The van der Waals surface area contributed by atoms with E-state index in [0.717, 1.165) is 6.07 Å². The normalized spacial score (nSPS) is 17.2. The van der Waals surface area contributed by atoms with Crippen molar-refractivity contribution >= 4 is 27.1 Å². The van der Waals surface area contributed by atoms with Crippen molar-refractivity contribution in [3.05, 3.63) is 52.6 Å². The number of nitro benzene ring substituents is 1. The van der Waals surface area contributed by atoms with E-state index in [1.165, 1.54) is 25.3 Å². The van der Waals surface area contributed by atoms with E-state index in [1.54, 1.807) is 18.2 Å². The van der Waals surface area contributed by atoms with Crippen LogP contribution in [0.1, 0.15) is 6.92 Å². The van der Waals surface area contributed by atoms with E-state index < -0.39 is 14.9 Å². The molecule has 1 fully saturated rings. The van der Waals surface area contributed by atoms with E-state index in [-0.39, 0.29) is 16.6 Å². The van der Waals surface area contributed by atoms with Crippen LogP contribution in [0.2, 0.25) is 0 Å². The Hall–Kier alpha value is -2.85. The van der Waals surface area contributed by atoms with Gasteiger partial charge in [0.15, 0.2) is 0 Å². The summed E-state index contributed by atoms with van der Waals surface area (Å²) < 4.78 is 32.9. The third-order valence-corrected chi connectivity index (χ3v) is 5.86. The van der Waals surface area contributed by atoms with Gasteiger partial charge in [0.05, 0.1) is 22.6 Å². The highest BCUT2D eigenvalue weighted by Crippen LogP contribution is 2.32. The molecule has 0 bridgehead atoms. The molecule has 0 spiro atoms. The number of sulfonamides is 1. The second-order valence-electron chi connectivity index (χ2n) is 6.55. The third-order valence-electron chi connectivity index (χ3n) is 4.49. The van der Waals surface area contributed by atoms with Gasteiger partial charge in [0.1, 0.15) is 11.4 Å². The molecule has 28 heavy (non-hydrogen) atoms. The molecule has 2 aromatic rings. The van der Waals surface area contributed by atoms with Gasteiger partial charge in [0.2, 0.25) is 0 Å². The standard InChI is InChI=1S/C18H22N4O5S/c1-13-12-21(9-8-19-13)17-7-6-16(11-18(17)22(23)24)28(25,26)20-14-4-3-5-15(10-14)27-2/h3-7,10-11,13,19-20H,8-9,12H2,1-2H3. The maximum absolute atomic E-state index is 12.7. The highest BCUT2D eigenvalue weighted by atomic mass is 32.2. The molecule has 0 saturated carbocycles. The highest BCUT2D eigenvalue weighted by molar-refractivity contribution is 7.92. The van der Waals surface area contributed by atoms with Crippen molar-refractivity contribution in [2.24, 2.45) is 0 Å². The number of methoxy groups -OCH3 is 1. The summed E-state index contributed by atoms with van der Waals surface area (Å²) in [5.74, 6) is 0.495. The number of anilines is 2. The molecule has 9 nitrogen and oxygen atoms in total. The molecule has 1 aliphatic heterocycles. The van der Waals surface area contributed by atoms with Gasteiger partial charge >= 0.3 is 0 Å². The van der Waals surface area contributed by atoms with Crippen LogP contribution >= 0.6 is 0 Å². The molecular weight excluding hydrogens is 384 g/mol. The Morgan fingerprint density at radius 3 is 2.75 bits per heavy atom. The van der Waals surface area contributed by atoms with E-state index >= 15 is 0 Å². The molecule has 1 heterocycles. The van der Waals surface area contributed by atoms with Crippen LogP contribution in [-0.4, -0.2) is 46.1 Å². The van der Waals surface area contributed by atoms with Crippen molar-refractivity contribution in [2.75, 3.05) is 36.4 Å². The van der Waals surface area contributed by atoms with Crippen LogP contribution in [0, 0.1) is 10.1 Å². The molecule has 2 aromatic carbocycles. The number of ether oxygens (including phenoxy) is 1. The number of hydrogen-bond acceptors (Lipinski definition) is 7. The zero-order valence-corrected chi connectivity index (χ0v) is 16.4. The molecule has 0 aliphatic carbocycles. The summed E-state index contributed by atoms with van der Waals surface area (Å²) in [6.07, 6.45) is 0. The Bertz CT molecular complexity index is 980. The minimum atomic E-state index is -3.99. The number of rotatable bonds is 6. The summed E-state index contributed by atoms with van der Waals surface area (Å²) in [5.41, 5.74) is 0.489. The van der Waals surface area contributed by atoms with Crippen LogP contribution < -0.4 is 19.7 Å². The molecule has 1 saturated heterocycles. The molecule has 1 unspecified atom stereocenters. The summed E-state index contributed by atoms with van der Waals surface area (Å²) in [4.78, 5) is 12.8. The number of nitrogens with one attached hydrogen (secondary N) is 2. The average Bonchev–Trinajstić information content (AvgIpc) is 2.67. The first-order valence-electron chi connectivity index (χ1n) is 8.74. The smallest absolute Gasteiger partial charge is 0.293 e. The topological polar surface area (TPSA) is 114 Å². The molecule has 10 heteroatoms. The van der Waals surface area contributed by atoms with E-state index in [1.807, 2.05) is 11.8 Å². The zero-order chi connectivity index (χ0) is 20.3. The zero-order valence-electron chi connectivity index (χ0n) is 15.6. The van der Waals surface area contributed by atoms with Crippen LogP contribution in [0.3, 0.4) is 0 Å². The fourth-order valence-corrected chi connectivity index (χ4v) is 4.20. The third kappa shape index (κ3) is 4.34. The first-order chi connectivity index (χ1) is 13.3. The van der Waals surface area contributed by atoms with Crippen molar-refractivity contribution < 1.29 is 18.1 Å². The number of piperazine rings is 1. The van der Waals surface area contributed by atoms with Gasteiger partial charge in [-0.05, 0) is 31.2 Å². The highest BCUT2D eigenvalue weighted by Gasteiger charge is 2.26. The van der Waals surface area contributed by atoms with E-state index in [9.17, 15) is 18.5 Å². The number of hydrogen-bond donors (Lipinski definition) is 2. The molecule has 0 amide bonds. The van der Waals surface area contributed by atoms with Gasteiger partial charge in [-0.1, -0.05) is 6.07 Å². The minimum absolute atomic E-state index is 0.172. The predicted octanol–water partition coefficient (Wildman–Crippen LogP) is 2.20. The largest absolute Gasteiger partial charge is 0.497 e. The maximum Gasteiger partial charge on any atom is 0.293 e. The van der Waals surface area contributed by atoms with Crippen LogP contribution in [0.15, 0.2) is 47.4 Å². The van der Waals surface area contributed by atoms with Gasteiger partial charge < -0.3 is 15.0 Å². The van der Waals surface area contributed by atoms with Gasteiger partial charge in [-0.2, -0.15) is 0 Å². The Morgan fingerprint density at radius 1 is 1.29 bits per heavy atom. The minimum Gasteiger partial charge on any atom is -0.497 e. The Labute approximate surface area is 163 Å². The molecular formula is C18H22N4O5S. The number of nitrogens with zero attached hydrogens (tertiary/aromatic N) is 2. The summed E-state index contributed by atoms with van der Waals surface area (Å²) in [6, 6.07) is 10.6. The lowest BCUT2D eigenvalue weighted by Gasteiger charge is -2.33. The van der Waals surface area contributed by atoms with Crippen LogP contribution in [0.25, 0.3) is 0 Å². The summed E-state index contributed by atoms with van der Waals surface area (Å²) >= 11 is 0. The maximum atomic E-state index is 12.7. The summed E-state index contributed by atoms with van der Waals surface area (Å²) in [7, 11) is -2.51. The number of nitro groups is 1. The first kappa shape index (κ1) is 19.9. The molecule has 3 rings (SSSR count). The molecule has 1 atom stereocenters. The number of benzene rings is 2. The fourth-order valence-electron chi connectivity index (χ4n) is 3.14. The summed E-state index contributed by atoms with van der Waals surface area (Å²) in [5, 5.41) is 14.9. The van der Waals surface area contributed by atoms with E-state index in [2.05, 4.69) is 10.0 Å². The van der Waals surface area contributed by atoms with Gasteiger partial charge in [0, 0.05) is 37.8 Å². The first-order valence-corrected chi connectivity index (χ1v) is 10.2. The van der Waals surface area contributed by atoms with Crippen molar-refractivity contribution in [1.82, 2.24) is 5.32 Å². The summed E-state index contributed by atoms with van der Waals surface area (Å²) in [6.45, 7) is 3.92. The second-order valence-corrected chi connectivity index (χ2v) is 8.23. The van der Waals surface area contributed by atoms with Crippen molar-refractivity contribution in [2.45, 2.75) is 17.9 Å². The van der Waals surface area contributed by atoms with Crippen molar-refractivity contribution in [3.63, 3.8) is 0 Å². The van der Waals surface area contributed by atoms with Gasteiger partial charge in [-0.15, -0.1) is 0 Å². The lowest BCUT2D eigenvalue weighted by Crippen LogP contribution is -2.49. The van der Waals surface area contributed by atoms with Crippen molar-refractivity contribution in [1.29, 1.82) is 0 Å². The van der Waals surface area contributed by atoms with Gasteiger partial charge in [-0.25, -0.2) is 8.42 Å². The molecule has 0 radical (unpaired) electrons. The van der Waals surface area contributed by atoms with Gasteiger partial charge in [-0.3, -0.25) is 14.8 Å². The Morgan fingerprint density at radius 2 is 2.07 bits per heavy atom. The lowest BCUT2D eigenvalue weighted by atomic mass is 10.2. The Balaban J connectivity index is 1.93. The second kappa shape index (κ2) is 8.03. The predicted molar refractivity (Wildman–Crippen MR) is 107 cm³/mol. The monoisotopic (exact) mass is 406 g/mol. The van der Waals surface area contributed by atoms with Crippen molar-refractivity contribution in [3.8, 4) is 5.75 Å². The quantitative estimate of drug-likeness (QED) is 0.558. The lowest BCUT2D eigenvalue weighted by molar-refractivity contribution is -0.384.